The van der Waals surface area contributed by atoms with Crippen LogP contribution in [0.5, 0.6) is 0 Å². The number of nitrogens with zero attached hydrogens (tertiary/aromatic N) is 1. The van der Waals surface area contributed by atoms with Crippen molar-refractivity contribution in [1.82, 2.24) is 9.97 Å². The minimum Gasteiger partial charge on any atom is -0.337 e. The van der Waals surface area contributed by atoms with Gasteiger partial charge in [0.25, 0.3) is 0 Å². The second-order valence-electron chi connectivity index (χ2n) is 5.05. The van der Waals surface area contributed by atoms with Crippen LogP contribution in [0.15, 0.2) is 77.5 Å². The summed E-state index contributed by atoms with van der Waals surface area (Å²) in [6.45, 7) is 0. The third-order valence-corrected chi connectivity index (χ3v) is 4.29. The Morgan fingerprint density at radius 3 is 2.05 bits per heavy atom. The van der Waals surface area contributed by atoms with E-state index in [4.69, 9.17) is 4.98 Å². The zero-order valence-corrected chi connectivity index (χ0v) is 12.7. The molecule has 0 saturated heterocycles. The average molecular weight is 302 g/mol. The molecule has 0 spiro atoms. The molecule has 1 N–H and O–H groups in total. The van der Waals surface area contributed by atoms with Gasteiger partial charge in [-0.3, -0.25) is 0 Å². The van der Waals surface area contributed by atoms with Crippen LogP contribution in [0.1, 0.15) is 0 Å². The molecular formula is C19H14N2S. The number of benzene rings is 2. The Labute approximate surface area is 133 Å². The maximum absolute atomic E-state index is 4.85. The number of imidazole rings is 1. The van der Waals surface area contributed by atoms with Gasteiger partial charge in [-0.1, -0.05) is 60.7 Å². The quantitative estimate of drug-likeness (QED) is 0.534. The number of rotatable bonds is 3. The van der Waals surface area contributed by atoms with Gasteiger partial charge in [-0.25, -0.2) is 4.98 Å². The normalized spacial score (nSPS) is 10.7. The van der Waals surface area contributed by atoms with Gasteiger partial charge in [0.15, 0.2) is 0 Å². The van der Waals surface area contributed by atoms with Gasteiger partial charge in [0.05, 0.1) is 11.4 Å². The van der Waals surface area contributed by atoms with E-state index < -0.39 is 0 Å². The number of H-pyrrole nitrogens is 1. The van der Waals surface area contributed by atoms with Gasteiger partial charge in [0, 0.05) is 22.1 Å². The van der Waals surface area contributed by atoms with Crippen molar-refractivity contribution in [2.45, 2.75) is 0 Å². The highest BCUT2D eigenvalue weighted by Crippen LogP contribution is 2.33. The third kappa shape index (κ3) is 2.36. The molecule has 0 atom stereocenters. The number of thiophene rings is 1. The van der Waals surface area contributed by atoms with Gasteiger partial charge < -0.3 is 4.98 Å². The maximum Gasteiger partial charge on any atom is 0.139 e. The number of hydrogen-bond donors (Lipinski definition) is 1. The highest BCUT2D eigenvalue weighted by molar-refractivity contribution is 7.08. The monoisotopic (exact) mass is 302 g/mol. The highest BCUT2D eigenvalue weighted by Gasteiger charge is 2.14. The van der Waals surface area contributed by atoms with Crippen LogP contribution in [0.4, 0.5) is 0 Å². The summed E-state index contributed by atoms with van der Waals surface area (Å²) in [6, 6.07) is 22.7. The van der Waals surface area contributed by atoms with Crippen LogP contribution in [-0.2, 0) is 0 Å². The molecule has 2 aromatic heterocycles. The predicted octanol–water partition coefficient (Wildman–Crippen LogP) is 5.47. The largest absolute Gasteiger partial charge is 0.337 e. The lowest BCUT2D eigenvalue weighted by Gasteiger charge is -2.02. The first-order valence-electron chi connectivity index (χ1n) is 7.15. The van der Waals surface area contributed by atoms with Crippen LogP contribution >= 0.6 is 11.3 Å². The fraction of sp³-hybridized carbons (Fsp3) is 0. The summed E-state index contributed by atoms with van der Waals surface area (Å²) < 4.78 is 0. The van der Waals surface area contributed by atoms with Crippen molar-refractivity contribution in [3.63, 3.8) is 0 Å². The molecule has 0 unspecified atom stereocenters. The van der Waals surface area contributed by atoms with Crippen molar-refractivity contribution in [3.05, 3.63) is 77.5 Å². The molecule has 22 heavy (non-hydrogen) atoms. The standard InChI is InChI=1S/C19H14N2S/c1-3-7-14(8-4-1)17-18(15-9-5-2-6-10-15)21-19(20-17)16-11-12-22-13-16/h1-13H,(H,20,21). The minimum atomic E-state index is 0.916. The van der Waals surface area contributed by atoms with Gasteiger partial charge >= 0.3 is 0 Å². The molecule has 0 saturated carbocycles. The van der Waals surface area contributed by atoms with Crippen LogP contribution in [-0.4, -0.2) is 9.97 Å². The summed E-state index contributed by atoms with van der Waals surface area (Å²) in [5.41, 5.74) is 5.46. The molecule has 0 amide bonds. The highest BCUT2D eigenvalue weighted by atomic mass is 32.1. The van der Waals surface area contributed by atoms with E-state index in [9.17, 15) is 0 Å². The van der Waals surface area contributed by atoms with Gasteiger partial charge in [-0.15, -0.1) is 0 Å². The first-order valence-corrected chi connectivity index (χ1v) is 8.09. The van der Waals surface area contributed by atoms with E-state index in [1.165, 1.54) is 0 Å². The molecule has 3 heteroatoms. The van der Waals surface area contributed by atoms with E-state index in [1.54, 1.807) is 11.3 Å². The molecular weight excluding hydrogens is 288 g/mol. The van der Waals surface area contributed by atoms with E-state index in [1.807, 2.05) is 24.3 Å². The van der Waals surface area contributed by atoms with Crippen LogP contribution in [0, 0.1) is 0 Å². The fourth-order valence-corrected chi connectivity index (χ4v) is 3.17. The zero-order chi connectivity index (χ0) is 14.8. The first kappa shape index (κ1) is 13.0. The van der Waals surface area contributed by atoms with E-state index in [0.717, 1.165) is 33.9 Å². The Kier molecular flexibility index (Phi) is 3.33. The van der Waals surface area contributed by atoms with Crippen molar-refractivity contribution in [2.75, 3.05) is 0 Å². The first-order chi connectivity index (χ1) is 10.9. The number of nitrogens with one attached hydrogen (secondary N) is 1. The molecule has 2 aromatic carbocycles. The Hall–Kier alpha value is -2.65. The molecule has 106 valence electrons. The average Bonchev–Trinajstić information content (AvgIpc) is 3.26. The molecule has 4 aromatic rings. The number of aromatic amines is 1. The molecule has 4 rings (SSSR count). The lowest BCUT2D eigenvalue weighted by molar-refractivity contribution is 1.32. The lowest BCUT2D eigenvalue weighted by Crippen LogP contribution is -1.82. The lowest BCUT2D eigenvalue weighted by atomic mass is 10.1. The van der Waals surface area contributed by atoms with E-state index in [0.29, 0.717) is 0 Å². The summed E-state index contributed by atoms with van der Waals surface area (Å²) in [5, 5.41) is 4.19. The van der Waals surface area contributed by atoms with Crippen LogP contribution in [0.25, 0.3) is 33.9 Å². The Balaban J connectivity index is 1.92. The van der Waals surface area contributed by atoms with Crippen molar-refractivity contribution in [2.24, 2.45) is 0 Å². The summed E-state index contributed by atoms with van der Waals surface area (Å²) in [4.78, 5) is 8.34. The van der Waals surface area contributed by atoms with E-state index >= 15 is 0 Å². The summed E-state index contributed by atoms with van der Waals surface area (Å²) in [6.07, 6.45) is 0. The van der Waals surface area contributed by atoms with Crippen LogP contribution < -0.4 is 0 Å². The van der Waals surface area contributed by atoms with Crippen molar-refractivity contribution in [3.8, 4) is 33.9 Å². The van der Waals surface area contributed by atoms with Crippen molar-refractivity contribution < 1.29 is 0 Å². The second-order valence-corrected chi connectivity index (χ2v) is 5.83. The Morgan fingerprint density at radius 1 is 0.727 bits per heavy atom. The predicted molar refractivity (Wildman–Crippen MR) is 92.8 cm³/mol. The van der Waals surface area contributed by atoms with E-state index in [-0.39, 0.29) is 0 Å². The molecule has 0 aliphatic carbocycles. The Morgan fingerprint density at radius 2 is 1.41 bits per heavy atom. The van der Waals surface area contributed by atoms with Crippen LogP contribution in [0.2, 0.25) is 0 Å². The van der Waals surface area contributed by atoms with E-state index in [2.05, 4.69) is 58.2 Å². The molecule has 0 bridgehead atoms. The zero-order valence-electron chi connectivity index (χ0n) is 11.9. The SMILES string of the molecule is c1ccc(-c2nc(-c3ccsc3)[nH]c2-c2ccccc2)cc1. The molecule has 0 aliphatic heterocycles. The number of aromatic nitrogens is 2. The fourth-order valence-electron chi connectivity index (χ4n) is 2.53. The van der Waals surface area contributed by atoms with Crippen molar-refractivity contribution >= 4 is 11.3 Å². The smallest absolute Gasteiger partial charge is 0.139 e. The summed E-state index contributed by atoms with van der Waals surface area (Å²) in [5.74, 6) is 0.916. The topological polar surface area (TPSA) is 28.7 Å². The molecule has 0 radical (unpaired) electrons. The molecule has 0 fully saturated rings. The van der Waals surface area contributed by atoms with Crippen molar-refractivity contribution in [1.29, 1.82) is 0 Å². The summed E-state index contributed by atoms with van der Waals surface area (Å²) in [7, 11) is 0. The molecule has 0 aliphatic rings. The molecule has 2 heterocycles. The molecule has 2 nitrogen and oxygen atoms in total. The number of hydrogen-bond acceptors (Lipinski definition) is 2. The van der Waals surface area contributed by atoms with Gasteiger partial charge in [0.2, 0.25) is 0 Å². The minimum absolute atomic E-state index is 0.916. The van der Waals surface area contributed by atoms with Gasteiger partial charge in [0.1, 0.15) is 5.82 Å². The maximum atomic E-state index is 4.85. The Bertz CT molecular complexity index is 805. The van der Waals surface area contributed by atoms with Gasteiger partial charge in [-0.05, 0) is 11.4 Å². The second kappa shape index (κ2) is 5.62. The summed E-state index contributed by atoms with van der Waals surface area (Å²) >= 11 is 1.68. The van der Waals surface area contributed by atoms with Crippen LogP contribution in [0.3, 0.4) is 0 Å². The third-order valence-electron chi connectivity index (χ3n) is 3.61. The van der Waals surface area contributed by atoms with Gasteiger partial charge in [-0.2, -0.15) is 11.3 Å².